The van der Waals surface area contributed by atoms with E-state index in [9.17, 15) is 13.2 Å². The predicted octanol–water partition coefficient (Wildman–Crippen LogP) is 2.66. The van der Waals surface area contributed by atoms with Crippen molar-refractivity contribution in [2.45, 2.75) is 24.8 Å². The van der Waals surface area contributed by atoms with Crippen LogP contribution in [0.15, 0.2) is 53.4 Å². The number of amides is 1. The summed E-state index contributed by atoms with van der Waals surface area (Å²) >= 11 is 0. The molecule has 0 bridgehead atoms. The Labute approximate surface area is 167 Å². The average molecular weight is 412 g/mol. The van der Waals surface area contributed by atoms with Crippen LogP contribution < -0.4 is 10.0 Å². The number of carbonyl (C=O) groups excluding carboxylic acids is 1. The molecule has 1 atom stereocenters. The minimum Gasteiger partial charge on any atom is -0.338 e. The Morgan fingerprint density at radius 1 is 1.04 bits per heavy atom. The normalized spacial score (nSPS) is 12.0. The molecule has 2 aromatic rings. The lowest BCUT2D eigenvalue weighted by Gasteiger charge is -2.24. The van der Waals surface area contributed by atoms with E-state index in [1.54, 1.807) is 60.5 Å². The highest BCUT2D eigenvalue weighted by Gasteiger charge is 2.22. The molecular weight excluding hydrogens is 386 g/mol. The first kappa shape index (κ1) is 23.0. The zero-order valence-electron chi connectivity index (χ0n) is 15.9. The summed E-state index contributed by atoms with van der Waals surface area (Å²) < 4.78 is 26.7. The lowest BCUT2D eigenvalue weighted by atomic mass is 10.1. The quantitative estimate of drug-likeness (QED) is 0.791. The first-order valence-corrected chi connectivity index (χ1v) is 9.75. The Morgan fingerprint density at radius 2 is 1.56 bits per heavy atom. The topological polar surface area (TPSA) is 83.7 Å². The first-order valence-electron chi connectivity index (χ1n) is 8.31. The highest BCUT2D eigenvalue weighted by atomic mass is 35.5. The fraction of sp³-hybridized carbons (Fsp3) is 0.316. The Hall–Kier alpha value is -2.09. The van der Waals surface area contributed by atoms with Crippen molar-refractivity contribution in [2.24, 2.45) is 5.73 Å². The molecule has 0 aliphatic heterocycles. The second-order valence-electron chi connectivity index (χ2n) is 6.33. The molecule has 0 saturated heterocycles. The molecule has 2 aromatic carbocycles. The molecule has 0 fully saturated rings. The summed E-state index contributed by atoms with van der Waals surface area (Å²) in [5.74, 6) is -0.154. The van der Waals surface area contributed by atoms with Crippen LogP contribution in [0.3, 0.4) is 0 Å². The number of nitrogens with two attached hydrogens (primary N) is 1. The zero-order chi connectivity index (χ0) is 19.5. The Balaban J connectivity index is 0.00000364. The smallest absolute Gasteiger partial charge is 0.264 e. The summed E-state index contributed by atoms with van der Waals surface area (Å²) in [5, 5.41) is 0. The van der Waals surface area contributed by atoms with Crippen molar-refractivity contribution in [3.63, 3.8) is 0 Å². The predicted molar refractivity (Wildman–Crippen MR) is 111 cm³/mol. The highest BCUT2D eigenvalue weighted by molar-refractivity contribution is 7.92. The van der Waals surface area contributed by atoms with Crippen molar-refractivity contribution >= 4 is 34.0 Å². The van der Waals surface area contributed by atoms with Crippen molar-refractivity contribution in [1.29, 1.82) is 0 Å². The van der Waals surface area contributed by atoms with E-state index in [2.05, 4.69) is 0 Å². The minimum absolute atomic E-state index is 0. The number of benzene rings is 2. The summed E-state index contributed by atoms with van der Waals surface area (Å²) in [7, 11) is -0.463. The van der Waals surface area contributed by atoms with Gasteiger partial charge in [0.25, 0.3) is 15.9 Å². The van der Waals surface area contributed by atoms with E-state index in [1.807, 2.05) is 13.8 Å². The van der Waals surface area contributed by atoms with Crippen molar-refractivity contribution in [3.8, 4) is 0 Å². The molecule has 8 heteroatoms. The van der Waals surface area contributed by atoms with Gasteiger partial charge in [-0.15, -0.1) is 12.4 Å². The molecule has 2 rings (SSSR count). The summed E-state index contributed by atoms with van der Waals surface area (Å²) in [4.78, 5) is 14.2. The second kappa shape index (κ2) is 9.21. The van der Waals surface area contributed by atoms with Crippen LogP contribution in [0.4, 0.5) is 5.69 Å². The third-order valence-electron chi connectivity index (χ3n) is 4.48. The minimum atomic E-state index is -3.65. The van der Waals surface area contributed by atoms with Crippen LogP contribution in [0.5, 0.6) is 0 Å². The van der Waals surface area contributed by atoms with Crippen molar-refractivity contribution < 1.29 is 13.2 Å². The molecule has 2 N–H and O–H groups in total. The largest absolute Gasteiger partial charge is 0.338 e. The number of aryl methyl sites for hydroxylation is 1. The number of anilines is 1. The van der Waals surface area contributed by atoms with Gasteiger partial charge in [0, 0.05) is 32.2 Å². The lowest BCUT2D eigenvalue weighted by molar-refractivity contribution is 0.0748. The summed E-state index contributed by atoms with van der Waals surface area (Å²) in [6.45, 7) is 4.14. The zero-order valence-corrected chi connectivity index (χ0v) is 17.5. The number of rotatable bonds is 6. The fourth-order valence-electron chi connectivity index (χ4n) is 2.38. The van der Waals surface area contributed by atoms with E-state index in [4.69, 9.17) is 5.73 Å². The summed E-state index contributed by atoms with van der Waals surface area (Å²) in [5.41, 5.74) is 7.56. The molecule has 1 amide bonds. The first-order chi connectivity index (χ1) is 12.2. The molecular formula is C19H26ClN3O3S. The molecule has 1 unspecified atom stereocenters. The molecule has 0 aromatic heterocycles. The van der Waals surface area contributed by atoms with Crippen molar-refractivity contribution in [3.05, 3.63) is 59.7 Å². The van der Waals surface area contributed by atoms with Gasteiger partial charge in [0.2, 0.25) is 0 Å². The SMILES string of the molecule is Cc1ccc(S(=O)(=O)N(C)c2ccc(C(=O)N(C)C(C)CN)cc2)cc1.Cl. The molecule has 27 heavy (non-hydrogen) atoms. The Bertz CT molecular complexity index is 868. The van der Waals surface area contributed by atoms with Crippen LogP contribution in [0, 0.1) is 6.92 Å². The van der Waals surface area contributed by atoms with Gasteiger partial charge in [-0.2, -0.15) is 0 Å². The molecule has 0 saturated carbocycles. The second-order valence-corrected chi connectivity index (χ2v) is 8.30. The molecule has 0 radical (unpaired) electrons. The number of hydrogen-bond acceptors (Lipinski definition) is 4. The van der Waals surface area contributed by atoms with Crippen LogP contribution in [-0.4, -0.2) is 45.9 Å². The van der Waals surface area contributed by atoms with Crippen LogP contribution in [0.2, 0.25) is 0 Å². The van der Waals surface area contributed by atoms with Gasteiger partial charge >= 0.3 is 0 Å². The molecule has 0 aliphatic carbocycles. The molecule has 0 heterocycles. The number of carbonyl (C=O) groups is 1. The number of sulfonamides is 1. The number of hydrogen-bond donors (Lipinski definition) is 1. The highest BCUT2D eigenvalue weighted by Crippen LogP contribution is 2.23. The molecule has 6 nitrogen and oxygen atoms in total. The van der Waals surface area contributed by atoms with Crippen LogP contribution in [0.25, 0.3) is 0 Å². The van der Waals surface area contributed by atoms with Gasteiger partial charge in [-0.3, -0.25) is 9.10 Å². The van der Waals surface area contributed by atoms with E-state index >= 15 is 0 Å². The van der Waals surface area contributed by atoms with E-state index in [0.29, 0.717) is 17.8 Å². The summed E-state index contributed by atoms with van der Waals surface area (Å²) in [6, 6.07) is 13.1. The fourth-order valence-corrected chi connectivity index (χ4v) is 3.58. The number of halogens is 1. The van der Waals surface area contributed by atoms with Gasteiger partial charge in [-0.25, -0.2) is 8.42 Å². The van der Waals surface area contributed by atoms with Crippen molar-refractivity contribution in [2.75, 3.05) is 24.9 Å². The molecule has 148 valence electrons. The maximum atomic E-state index is 12.7. The van der Waals surface area contributed by atoms with Crippen LogP contribution in [0.1, 0.15) is 22.8 Å². The van der Waals surface area contributed by atoms with E-state index in [1.165, 1.54) is 11.4 Å². The Morgan fingerprint density at radius 3 is 2.04 bits per heavy atom. The van der Waals surface area contributed by atoms with Gasteiger partial charge in [-0.1, -0.05) is 17.7 Å². The van der Waals surface area contributed by atoms with Crippen molar-refractivity contribution in [1.82, 2.24) is 4.90 Å². The van der Waals surface area contributed by atoms with Gasteiger partial charge in [0.15, 0.2) is 0 Å². The number of likely N-dealkylation sites (N-methyl/N-ethyl adjacent to an activating group) is 1. The van der Waals surface area contributed by atoms with E-state index in [-0.39, 0.29) is 29.3 Å². The van der Waals surface area contributed by atoms with Gasteiger partial charge in [0.1, 0.15) is 0 Å². The third-order valence-corrected chi connectivity index (χ3v) is 6.28. The summed E-state index contributed by atoms with van der Waals surface area (Å²) in [6.07, 6.45) is 0. The third kappa shape index (κ3) is 5.00. The maximum Gasteiger partial charge on any atom is 0.264 e. The van der Waals surface area contributed by atoms with Gasteiger partial charge in [0.05, 0.1) is 10.6 Å². The number of nitrogens with zero attached hydrogens (tertiary/aromatic N) is 2. The Kier molecular flexibility index (Phi) is 7.83. The van der Waals surface area contributed by atoms with Crippen LogP contribution >= 0.6 is 12.4 Å². The van der Waals surface area contributed by atoms with Gasteiger partial charge < -0.3 is 10.6 Å². The molecule has 0 spiro atoms. The van der Waals surface area contributed by atoms with E-state index < -0.39 is 10.0 Å². The maximum absolute atomic E-state index is 12.7. The lowest BCUT2D eigenvalue weighted by Crippen LogP contribution is -2.39. The molecule has 0 aliphatic rings. The van der Waals surface area contributed by atoms with Crippen LogP contribution in [-0.2, 0) is 10.0 Å². The monoisotopic (exact) mass is 411 g/mol. The van der Waals surface area contributed by atoms with E-state index in [0.717, 1.165) is 5.56 Å². The average Bonchev–Trinajstić information content (AvgIpc) is 2.66. The van der Waals surface area contributed by atoms with Gasteiger partial charge in [-0.05, 0) is 50.2 Å². The standard InChI is InChI=1S/C19H25N3O3S.ClH/c1-14-5-11-18(12-6-14)26(24,25)22(4)17-9-7-16(8-10-17)19(23)21(3)15(2)13-20;/h5-12,15H,13,20H2,1-4H3;1H.